The minimum absolute atomic E-state index is 0.00338. The van der Waals surface area contributed by atoms with Crippen molar-refractivity contribution < 1.29 is 14.3 Å². The molecule has 5 nitrogen and oxygen atoms in total. The Morgan fingerprint density at radius 1 is 1.32 bits per heavy atom. The summed E-state index contributed by atoms with van der Waals surface area (Å²) in [5.74, 6) is 0.239. The topological polar surface area (TPSA) is 67.4 Å². The van der Waals surface area contributed by atoms with Crippen LogP contribution in [0.1, 0.15) is 41.6 Å². The first-order valence-electron chi connectivity index (χ1n) is 7.79. The van der Waals surface area contributed by atoms with E-state index in [0.29, 0.717) is 23.6 Å². The fraction of sp³-hybridized carbons (Fsp3) is 0.529. The van der Waals surface area contributed by atoms with E-state index in [1.165, 1.54) is 7.11 Å². The van der Waals surface area contributed by atoms with Gasteiger partial charge in [-0.1, -0.05) is 6.07 Å². The van der Waals surface area contributed by atoms with Crippen molar-refractivity contribution in [3.63, 3.8) is 0 Å². The second kappa shape index (κ2) is 7.94. The molecule has 1 aromatic rings. The lowest BCUT2D eigenvalue weighted by Gasteiger charge is -2.22. The van der Waals surface area contributed by atoms with Crippen LogP contribution in [0.3, 0.4) is 0 Å². The van der Waals surface area contributed by atoms with Crippen molar-refractivity contribution >= 4 is 17.6 Å². The van der Waals surface area contributed by atoms with Crippen LogP contribution in [0.4, 0.5) is 5.69 Å². The zero-order chi connectivity index (χ0) is 15.9. The van der Waals surface area contributed by atoms with Crippen LogP contribution in [0.25, 0.3) is 0 Å². The molecule has 22 heavy (non-hydrogen) atoms. The van der Waals surface area contributed by atoms with Gasteiger partial charge in [0.15, 0.2) is 0 Å². The van der Waals surface area contributed by atoms with E-state index in [9.17, 15) is 9.59 Å². The van der Waals surface area contributed by atoms with Crippen molar-refractivity contribution in [3.8, 4) is 0 Å². The Hall–Kier alpha value is -1.88. The molecule has 0 spiro atoms. The van der Waals surface area contributed by atoms with E-state index in [0.717, 1.165) is 37.9 Å². The molecule has 120 valence electrons. The van der Waals surface area contributed by atoms with Crippen LogP contribution in [-0.4, -0.2) is 32.1 Å². The molecule has 0 aromatic heterocycles. The Morgan fingerprint density at radius 2 is 2.05 bits per heavy atom. The summed E-state index contributed by atoms with van der Waals surface area (Å²) in [6, 6.07) is 5.18. The highest BCUT2D eigenvalue weighted by atomic mass is 16.5. The van der Waals surface area contributed by atoms with Crippen LogP contribution < -0.4 is 10.6 Å². The molecule has 1 fully saturated rings. The van der Waals surface area contributed by atoms with Crippen LogP contribution >= 0.6 is 0 Å². The lowest BCUT2D eigenvalue weighted by Crippen LogP contribution is -2.28. The van der Waals surface area contributed by atoms with E-state index in [1.807, 2.05) is 13.0 Å². The van der Waals surface area contributed by atoms with Crippen molar-refractivity contribution in [2.24, 2.45) is 5.92 Å². The van der Waals surface area contributed by atoms with Gasteiger partial charge in [0.2, 0.25) is 5.91 Å². The van der Waals surface area contributed by atoms with E-state index < -0.39 is 5.97 Å². The SMILES string of the molecule is COC(=O)c1ccc(C)c(NC(=O)CCC2CCNCC2)c1. The highest BCUT2D eigenvalue weighted by molar-refractivity contribution is 5.95. The van der Waals surface area contributed by atoms with Crippen molar-refractivity contribution in [1.82, 2.24) is 5.32 Å². The first-order chi connectivity index (χ1) is 10.6. The zero-order valence-corrected chi connectivity index (χ0v) is 13.3. The molecule has 0 saturated carbocycles. The molecule has 1 aliphatic rings. The van der Waals surface area contributed by atoms with Crippen LogP contribution in [0.5, 0.6) is 0 Å². The Balaban J connectivity index is 1.91. The van der Waals surface area contributed by atoms with Gasteiger partial charge in [-0.25, -0.2) is 4.79 Å². The molecule has 0 atom stereocenters. The zero-order valence-electron chi connectivity index (χ0n) is 13.3. The highest BCUT2D eigenvalue weighted by Crippen LogP contribution is 2.20. The standard InChI is InChI=1S/C17H24N2O3/c1-12-3-5-14(17(21)22-2)11-15(12)19-16(20)6-4-13-7-9-18-10-8-13/h3,5,11,13,18H,4,6-10H2,1-2H3,(H,19,20). The fourth-order valence-corrected chi connectivity index (χ4v) is 2.72. The van der Waals surface area contributed by atoms with Crippen LogP contribution in [0.2, 0.25) is 0 Å². The highest BCUT2D eigenvalue weighted by Gasteiger charge is 2.15. The fourth-order valence-electron chi connectivity index (χ4n) is 2.72. The van der Waals surface area contributed by atoms with Crippen molar-refractivity contribution in [2.45, 2.75) is 32.6 Å². The Kier molecular flexibility index (Phi) is 5.95. The van der Waals surface area contributed by atoms with E-state index in [-0.39, 0.29) is 5.91 Å². The summed E-state index contributed by atoms with van der Waals surface area (Å²) in [5.41, 5.74) is 2.06. The maximum atomic E-state index is 12.1. The van der Waals surface area contributed by atoms with Gasteiger partial charge in [-0.15, -0.1) is 0 Å². The molecule has 5 heteroatoms. The molecular formula is C17H24N2O3. The first kappa shape index (κ1) is 16.5. The minimum Gasteiger partial charge on any atom is -0.465 e. The quantitative estimate of drug-likeness (QED) is 0.820. The van der Waals surface area contributed by atoms with E-state index >= 15 is 0 Å². The van der Waals surface area contributed by atoms with Gasteiger partial charge >= 0.3 is 5.97 Å². The van der Waals surface area contributed by atoms with Gasteiger partial charge in [0, 0.05) is 12.1 Å². The second-order valence-corrected chi connectivity index (χ2v) is 5.80. The van der Waals surface area contributed by atoms with Crippen molar-refractivity contribution in [1.29, 1.82) is 0 Å². The smallest absolute Gasteiger partial charge is 0.337 e. The van der Waals surface area contributed by atoms with Crippen molar-refractivity contribution in [2.75, 3.05) is 25.5 Å². The number of benzene rings is 1. The lowest BCUT2D eigenvalue weighted by molar-refractivity contribution is -0.116. The van der Waals surface area contributed by atoms with Gasteiger partial charge < -0.3 is 15.4 Å². The third-order valence-electron chi connectivity index (χ3n) is 4.17. The van der Waals surface area contributed by atoms with Crippen LogP contribution in [0, 0.1) is 12.8 Å². The van der Waals surface area contributed by atoms with Crippen molar-refractivity contribution in [3.05, 3.63) is 29.3 Å². The largest absolute Gasteiger partial charge is 0.465 e. The molecule has 0 radical (unpaired) electrons. The number of carbonyl (C=O) groups excluding carboxylic acids is 2. The number of esters is 1. The average molecular weight is 304 g/mol. The van der Waals surface area contributed by atoms with E-state index in [1.54, 1.807) is 12.1 Å². The molecule has 0 bridgehead atoms. The summed E-state index contributed by atoms with van der Waals surface area (Å²) >= 11 is 0. The number of carbonyl (C=O) groups is 2. The third-order valence-corrected chi connectivity index (χ3v) is 4.17. The third kappa shape index (κ3) is 4.56. The van der Waals surface area contributed by atoms with Gasteiger partial charge in [-0.05, 0) is 62.9 Å². The summed E-state index contributed by atoms with van der Waals surface area (Å²) in [6.07, 6.45) is 3.73. The minimum atomic E-state index is -0.398. The van der Waals surface area contributed by atoms with Gasteiger partial charge in [0.05, 0.1) is 12.7 Å². The monoisotopic (exact) mass is 304 g/mol. The average Bonchev–Trinajstić information content (AvgIpc) is 2.55. The first-order valence-corrected chi connectivity index (χ1v) is 7.79. The predicted molar refractivity (Wildman–Crippen MR) is 86.0 cm³/mol. The molecule has 1 saturated heterocycles. The number of ether oxygens (including phenoxy) is 1. The van der Waals surface area contributed by atoms with E-state index in [4.69, 9.17) is 4.74 Å². The maximum absolute atomic E-state index is 12.1. The molecule has 0 aliphatic carbocycles. The number of anilines is 1. The molecule has 1 heterocycles. The summed E-state index contributed by atoms with van der Waals surface area (Å²) in [5, 5.41) is 6.23. The molecule has 2 N–H and O–H groups in total. The molecule has 1 aliphatic heterocycles. The summed E-state index contributed by atoms with van der Waals surface area (Å²) in [6.45, 7) is 4.00. The number of hydrogen-bond donors (Lipinski definition) is 2. The molecular weight excluding hydrogens is 280 g/mol. The van der Waals surface area contributed by atoms with E-state index in [2.05, 4.69) is 10.6 Å². The number of piperidine rings is 1. The van der Waals surface area contributed by atoms with Gasteiger partial charge in [0.25, 0.3) is 0 Å². The van der Waals surface area contributed by atoms with Gasteiger partial charge in [-0.3, -0.25) is 4.79 Å². The molecule has 0 unspecified atom stereocenters. The Morgan fingerprint density at radius 3 is 2.73 bits per heavy atom. The maximum Gasteiger partial charge on any atom is 0.337 e. The summed E-state index contributed by atoms with van der Waals surface area (Å²) < 4.78 is 4.71. The Labute approximate surface area is 131 Å². The van der Waals surface area contributed by atoms with Crippen LogP contribution in [0.15, 0.2) is 18.2 Å². The second-order valence-electron chi connectivity index (χ2n) is 5.80. The Bertz CT molecular complexity index is 537. The van der Waals surface area contributed by atoms with Gasteiger partial charge in [0.1, 0.15) is 0 Å². The summed E-state index contributed by atoms with van der Waals surface area (Å²) in [7, 11) is 1.35. The number of methoxy groups -OCH3 is 1. The number of nitrogens with one attached hydrogen (secondary N) is 2. The lowest BCUT2D eigenvalue weighted by atomic mass is 9.93. The molecule has 1 amide bonds. The summed E-state index contributed by atoms with van der Waals surface area (Å²) in [4.78, 5) is 23.7. The molecule has 1 aromatic carbocycles. The number of amides is 1. The number of hydrogen-bond acceptors (Lipinski definition) is 4. The normalized spacial score (nSPS) is 15.4. The van der Waals surface area contributed by atoms with Gasteiger partial charge in [-0.2, -0.15) is 0 Å². The predicted octanol–water partition coefficient (Wildman–Crippen LogP) is 2.50. The molecule has 2 rings (SSSR count). The van der Waals surface area contributed by atoms with Crippen LogP contribution in [-0.2, 0) is 9.53 Å². The number of rotatable bonds is 5. The number of aryl methyl sites for hydroxylation is 1.